The van der Waals surface area contributed by atoms with Crippen LogP contribution < -0.4 is 0 Å². The van der Waals surface area contributed by atoms with E-state index in [-0.39, 0.29) is 5.75 Å². The van der Waals surface area contributed by atoms with Crippen molar-refractivity contribution in [1.82, 2.24) is 24.4 Å². The van der Waals surface area contributed by atoms with Gasteiger partial charge in [-0.1, -0.05) is 37.3 Å². The summed E-state index contributed by atoms with van der Waals surface area (Å²) >= 11 is 0. The van der Waals surface area contributed by atoms with Crippen LogP contribution >= 0.6 is 0 Å². The molecular weight excluding hydrogens is 326 g/mol. The van der Waals surface area contributed by atoms with Crippen LogP contribution in [0.3, 0.4) is 0 Å². The smallest absolute Gasteiger partial charge is 0.218 e. The van der Waals surface area contributed by atoms with Crippen LogP contribution in [0.15, 0.2) is 30.3 Å². The highest BCUT2D eigenvalue weighted by molar-refractivity contribution is 7.88. The molecule has 1 saturated heterocycles. The first kappa shape index (κ1) is 17.1. The van der Waals surface area contributed by atoms with E-state index in [1.165, 1.54) is 0 Å². The normalized spacial score (nSPS) is 17.2. The predicted molar refractivity (Wildman–Crippen MR) is 91.7 cm³/mol. The van der Waals surface area contributed by atoms with Crippen LogP contribution in [0.4, 0.5) is 0 Å². The van der Waals surface area contributed by atoms with E-state index in [1.807, 2.05) is 37.3 Å². The molecule has 0 radical (unpaired) electrons. The molecule has 0 aliphatic carbocycles. The van der Waals surface area contributed by atoms with E-state index in [9.17, 15) is 8.42 Å². The van der Waals surface area contributed by atoms with E-state index < -0.39 is 10.0 Å². The van der Waals surface area contributed by atoms with E-state index in [2.05, 4.69) is 20.1 Å². The van der Waals surface area contributed by atoms with Crippen molar-refractivity contribution >= 4 is 10.0 Å². The Morgan fingerprint density at radius 2 is 1.83 bits per heavy atom. The van der Waals surface area contributed by atoms with E-state index in [0.717, 1.165) is 23.6 Å². The zero-order valence-electron chi connectivity index (χ0n) is 13.9. The molecule has 130 valence electrons. The lowest BCUT2D eigenvalue weighted by atomic mass is 10.2. The molecule has 1 aliphatic heterocycles. The molecule has 0 amide bonds. The maximum atomic E-state index is 12.5. The summed E-state index contributed by atoms with van der Waals surface area (Å²) in [5, 5.41) is 7.08. The van der Waals surface area contributed by atoms with Gasteiger partial charge in [0.05, 0.1) is 12.3 Å². The number of aromatic amines is 1. The van der Waals surface area contributed by atoms with Crippen LogP contribution in [0.2, 0.25) is 0 Å². The molecule has 1 aliphatic rings. The minimum atomic E-state index is -3.26. The third-order valence-electron chi connectivity index (χ3n) is 4.18. The first-order chi connectivity index (χ1) is 11.6. The van der Waals surface area contributed by atoms with Crippen molar-refractivity contribution in [2.75, 3.05) is 26.2 Å². The van der Waals surface area contributed by atoms with Gasteiger partial charge in [0.15, 0.2) is 0 Å². The molecule has 1 N–H and O–H groups in total. The number of aryl methyl sites for hydroxylation is 1. The second-order valence-corrected chi connectivity index (χ2v) is 7.94. The Balaban J connectivity index is 1.54. The van der Waals surface area contributed by atoms with Crippen LogP contribution in [0, 0.1) is 0 Å². The molecule has 0 unspecified atom stereocenters. The Hall–Kier alpha value is -1.77. The van der Waals surface area contributed by atoms with Crippen LogP contribution in [0.5, 0.6) is 0 Å². The molecule has 0 saturated carbocycles. The van der Waals surface area contributed by atoms with Crippen molar-refractivity contribution in [2.24, 2.45) is 0 Å². The van der Waals surface area contributed by atoms with Gasteiger partial charge in [-0.15, -0.1) is 0 Å². The van der Waals surface area contributed by atoms with E-state index in [1.54, 1.807) is 4.31 Å². The average Bonchev–Trinajstić information content (AvgIpc) is 3.03. The standard InChI is InChI=1S/C16H23N5O2S/c1-2-15-17-16(19-18-15)12-20-8-10-21(11-9-20)24(22,23)13-14-6-4-3-5-7-14/h3-7H,2,8-13H2,1H3,(H,17,18,19). The Kier molecular flexibility index (Phi) is 5.27. The summed E-state index contributed by atoms with van der Waals surface area (Å²) in [5.74, 6) is 1.72. The summed E-state index contributed by atoms with van der Waals surface area (Å²) in [6, 6.07) is 9.32. The molecule has 1 aromatic heterocycles. The van der Waals surface area contributed by atoms with Gasteiger partial charge in [0.25, 0.3) is 0 Å². The summed E-state index contributed by atoms with van der Waals surface area (Å²) in [5.41, 5.74) is 0.827. The van der Waals surface area contributed by atoms with Crippen LogP contribution in [0.25, 0.3) is 0 Å². The zero-order valence-corrected chi connectivity index (χ0v) is 14.7. The molecular formula is C16H23N5O2S. The number of benzene rings is 1. The lowest BCUT2D eigenvalue weighted by Crippen LogP contribution is -2.48. The Labute approximate surface area is 142 Å². The van der Waals surface area contributed by atoms with Crippen LogP contribution in [0.1, 0.15) is 24.1 Å². The number of rotatable bonds is 6. The summed E-state index contributed by atoms with van der Waals surface area (Å²) < 4.78 is 26.7. The van der Waals surface area contributed by atoms with Gasteiger partial charge >= 0.3 is 0 Å². The van der Waals surface area contributed by atoms with Crippen LogP contribution in [-0.2, 0) is 28.7 Å². The molecule has 24 heavy (non-hydrogen) atoms. The van der Waals surface area contributed by atoms with Crippen molar-refractivity contribution in [1.29, 1.82) is 0 Å². The molecule has 8 heteroatoms. The maximum absolute atomic E-state index is 12.5. The molecule has 7 nitrogen and oxygen atoms in total. The molecule has 1 fully saturated rings. The average molecular weight is 349 g/mol. The minimum absolute atomic E-state index is 0.0653. The van der Waals surface area contributed by atoms with Gasteiger partial charge in [0.2, 0.25) is 10.0 Å². The quantitative estimate of drug-likeness (QED) is 0.842. The Morgan fingerprint density at radius 1 is 1.12 bits per heavy atom. The Morgan fingerprint density at radius 3 is 2.46 bits per heavy atom. The zero-order chi connectivity index (χ0) is 17.0. The van der Waals surface area contributed by atoms with Gasteiger partial charge < -0.3 is 0 Å². The monoisotopic (exact) mass is 349 g/mol. The van der Waals surface area contributed by atoms with Gasteiger partial charge in [-0.2, -0.15) is 9.40 Å². The first-order valence-electron chi connectivity index (χ1n) is 8.21. The number of aromatic nitrogens is 3. The van der Waals surface area contributed by atoms with E-state index >= 15 is 0 Å². The maximum Gasteiger partial charge on any atom is 0.218 e. The predicted octanol–water partition coefficient (Wildman–Crippen LogP) is 1.01. The largest absolute Gasteiger partial charge is 0.293 e. The van der Waals surface area contributed by atoms with Gasteiger partial charge in [-0.3, -0.25) is 10.00 Å². The minimum Gasteiger partial charge on any atom is -0.293 e. The first-order valence-corrected chi connectivity index (χ1v) is 9.82. The summed E-state index contributed by atoms with van der Waals surface area (Å²) in [6.45, 7) is 5.14. The number of H-pyrrole nitrogens is 1. The number of piperazine rings is 1. The fourth-order valence-corrected chi connectivity index (χ4v) is 4.33. The summed E-state index contributed by atoms with van der Waals surface area (Å²) in [7, 11) is -3.26. The molecule has 0 spiro atoms. The highest BCUT2D eigenvalue weighted by atomic mass is 32.2. The second-order valence-electron chi connectivity index (χ2n) is 5.97. The number of nitrogens with zero attached hydrogens (tertiary/aromatic N) is 4. The lowest BCUT2D eigenvalue weighted by Gasteiger charge is -2.33. The highest BCUT2D eigenvalue weighted by Crippen LogP contribution is 2.14. The van der Waals surface area contributed by atoms with Gasteiger partial charge in [-0.05, 0) is 5.56 Å². The third-order valence-corrected chi connectivity index (χ3v) is 6.03. The van der Waals surface area contributed by atoms with Crippen molar-refractivity contribution in [3.8, 4) is 0 Å². The molecule has 2 heterocycles. The Bertz CT molecular complexity index is 752. The van der Waals surface area contributed by atoms with E-state index in [0.29, 0.717) is 32.7 Å². The molecule has 1 aromatic carbocycles. The molecule has 3 rings (SSSR count). The SMILES string of the molecule is CCc1n[nH]c(CN2CCN(S(=O)(=O)Cc3ccccc3)CC2)n1. The summed E-state index contributed by atoms with van der Waals surface area (Å²) in [4.78, 5) is 6.61. The second kappa shape index (κ2) is 7.42. The fourth-order valence-electron chi connectivity index (χ4n) is 2.82. The van der Waals surface area contributed by atoms with E-state index in [4.69, 9.17) is 0 Å². The van der Waals surface area contributed by atoms with Crippen LogP contribution in [-0.4, -0.2) is 59.0 Å². The summed E-state index contributed by atoms with van der Waals surface area (Å²) in [6.07, 6.45) is 0.808. The van der Waals surface area contributed by atoms with Gasteiger partial charge in [0, 0.05) is 32.6 Å². The molecule has 0 bridgehead atoms. The number of nitrogens with one attached hydrogen (secondary N) is 1. The van der Waals surface area contributed by atoms with Gasteiger partial charge in [0.1, 0.15) is 11.6 Å². The highest BCUT2D eigenvalue weighted by Gasteiger charge is 2.27. The van der Waals surface area contributed by atoms with Crippen molar-refractivity contribution in [3.63, 3.8) is 0 Å². The fraction of sp³-hybridized carbons (Fsp3) is 0.500. The molecule has 2 aromatic rings. The third kappa shape index (κ3) is 4.19. The molecule has 0 atom stereocenters. The van der Waals surface area contributed by atoms with Crippen molar-refractivity contribution in [3.05, 3.63) is 47.5 Å². The topological polar surface area (TPSA) is 82.2 Å². The number of sulfonamides is 1. The van der Waals surface area contributed by atoms with Crippen molar-refractivity contribution in [2.45, 2.75) is 25.6 Å². The lowest BCUT2D eigenvalue weighted by molar-refractivity contribution is 0.178. The number of hydrogen-bond acceptors (Lipinski definition) is 5. The number of hydrogen-bond donors (Lipinski definition) is 1. The van der Waals surface area contributed by atoms with Gasteiger partial charge in [-0.25, -0.2) is 13.4 Å². The van der Waals surface area contributed by atoms with Crippen molar-refractivity contribution < 1.29 is 8.42 Å².